The van der Waals surface area contributed by atoms with Crippen molar-refractivity contribution in [2.75, 3.05) is 6.61 Å². The van der Waals surface area contributed by atoms with E-state index < -0.39 is 5.91 Å². The van der Waals surface area contributed by atoms with Gasteiger partial charge in [0.1, 0.15) is 5.75 Å². The van der Waals surface area contributed by atoms with Crippen molar-refractivity contribution in [3.63, 3.8) is 0 Å². The van der Waals surface area contributed by atoms with E-state index in [1.807, 2.05) is 24.3 Å². The van der Waals surface area contributed by atoms with Crippen molar-refractivity contribution in [3.8, 4) is 5.75 Å². The number of ketones is 1. The van der Waals surface area contributed by atoms with Crippen LogP contribution in [0.2, 0.25) is 0 Å². The van der Waals surface area contributed by atoms with Crippen LogP contribution in [0.3, 0.4) is 0 Å². The summed E-state index contributed by atoms with van der Waals surface area (Å²) in [6.45, 7) is 4.26. The molecular weight excluding hydrogens is 290 g/mol. The number of rotatable bonds is 7. The average Bonchev–Trinajstić information content (AvgIpc) is 2.59. The number of primary amides is 1. The van der Waals surface area contributed by atoms with Crippen LogP contribution in [0.25, 0.3) is 0 Å². The Kier molecular flexibility index (Phi) is 5.52. The summed E-state index contributed by atoms with van der Waals surface area (Å²) in [6, 6.07) is 14.0. The highest BCUT2D eigenvalue weighted by molar-refractivity contribution is 5.97. The molecule has 120 valence electrons. The highest BCUT2D eigenvalue weighted by Crippen LogP contribution is 2.19. The smallest absolute Gasteiger partial charge is 0.248 e. The monoisotopic (exact) mass is 311 g/mol. The molecule has 0 aliphatic rings. The van der Waals surface area contributed by atoms with Gasteiger partial charge >= 0.3 is 0 Å². The van der Waals surface area contributed by atoms with E-state index >= 15 is 0 Å². The maximum absolute atomic E-state index is 12.1. The summed E-state index contributed by atoms with van der Waals surface area (Å²) in [6.07, 6.45) is 1.07. The van der Waals surface area contributed by atoms with Crippen LogP contribution < -0.4 is 10.5 Å². The summed E-state index contributed by atoms with van der Waals surface area (Å²) in [4.78, 5) is 23.1. The third kappa shape index (κ3) is 4.42. The SMILES string of the molecule is CC[C@H](C)c1ccc(C(=O)COc2ccc(C(N)=O)cc2)cc1. The molecule has 1 amide bonds. The molecule has 0 aliphatic carbocycles. The first kappa shape index (κ1) is 16.7. The van der Waals surface area contributed by atoms with Crippen molar-refractivity contribution in [3.05, 3.63) is 65.2 Å². The van der Waals surface area contributed by atoms with Gasteiger partial charge in [0.15, 0.2) is 12.4 Å². The Bertz CT molecular complexity index is 675. The molecule has 1 atom stereocenters. The first-order chi connectivity index (χ1) is 11.0. The van der Waals surface area contributed by atoms with Crippen molar-refractivity contribution in [2.45, 2.75) is 26.2 Å². The van der Waals surface area contributed by atoms with Gasteiger partial charge in [0.05, 0.1) is 0 Å². The van der Waals surface area contributed by atoms with Crippen LogP contribution in [-0.4, -0.2) is 18.3 Å². The second kappa shape index (κ2) is 7.58. The van der Waals surface area contributed by atoms with Crippen LogP contribution in [-0.2, 0) is 0 Å². The molecule has 0 radical (unpaired) electrons. The second-order valence-electron chi connectivity index (χ2n) is 5.53. The number of carbonyl (C=O) groups is 2. The van der Waals surface area contributed by atoms with E-state index in [1.54, 1.807) is 24.3 Å². The van der Waals surface area contributed by atoms with Gasteiger partial charge in [-0.3, -0.25) is 9.59 Å². The van der Waals surface area contributed by atoms with Gasteiger partial charge in [-0.25, -0.2) is 0 Å². The number of ether oxygens (including phenoxy) is 1. The van der Waals surface area contributed by atoms with Crippen LogP contribution in [0.4, 0.5) is 0 Å². The molecule has 0 bridgehead atoms. The molecule has 23 heavy (non-hydrogen) atoms. The van der Waals surface area contributed by atoms with Crippen molar-refractivity contribution in [1.29, 1.82) is 0 Å². The van der Waals surface area contributed by atoms with Crippen molar-refractivity contribution in [1.82, 2.24) is 0 Å². The quantitative estimate of drug-likeness (QED) is 0.795. The summed E-state index contributed by atoms with van der Waals surface area (Å²) in [5.41, 5.74) is 7.44. The zero-order valence-electron chi connectivity index (χ0n) is 13.4. The molecule has 0 unspecified atom stereocenters. The fourth-order valence-corrected chi connectivity index (χ4v) is 2.18. The zero-order valence-corrected chi connectivity index (χ0v) is 13.4. The van der Waals surface area contributed by atoms with E-state index in [2.05, 4.69) is 13.8 Å². The number of carbonyl (C=O) groups excluding carboxylic acids is 2. The van der Waals surface area contributed by atoms with E-state index in [4.69, 9.17) is 10.5 Å². The van der Waals surface area contributed by atoms with E-state index in [9.17, 15) is 9.59 Å². The molecule has 4 heteroatoms. The summed E-state index contributed by atoms with van der Waals surface area (Å²) >= 11 is 0. The molecule has 2 aromatic rings. The average molecular weight is 311 g/mol. The highest BCUT2D eigenvalue weighted by atomic mass is 16.5. The number of nitrogens with two attached hydrogens (primary N) is 1. The Balaban J connectivity index is 1.95. The highest BCUT2D eigenvalue weighted by Gasteiger charge is 2.09. The molecule has 4 nitrogen and oxygen atoms in total. The molecule has 0 aliphatic heterocycles. The Hall–Kier alpha value is -2.62. The Morgan fingerprint density at radius 1 is 1.00 bits per heavy atom. The fourth-order valence-electron chi connectivity index (χ4n) is 2.18. The number of amides is 1. The van der Waals surface area contributed by atoms with Crippen molar-refractivity contribution in [2.24, 2.45) is 5.73 Å². The molecule has 2 aromatic carbocycles. The maximum atomic E-state index is 12.1. The van der Waals surface area contributed by atoms with Crippen LogP contribution in [0, 0.1) is 0 Å². The van der Waals surface area contributed by atoms with Gasteiger partial charge in [0, 0.05) is 11.1 Å². The molecule has 2 N–H and O–H groups in total. The van der Waals surface area contributed by atoms with Gasteiger partial charge in [-0.05, 0) is 42.2 Å². The Morgan fingerprint density at radius 3 is 2.09 bits per heavy atom. The molecular formula is C19H21NO3. The molecule has 0 saturated carbocycles. The molecule has 2 rings (SSSR count). The zero-order chi connectivity index (χ0) is 16.8. The van der Waals surface area contributed by atoms with Gasteiger partial charge in [0.2, 0.25) is 5.91 Å². The number of hydrogen-bond acceptors (Lipinski definition) is 3. The van der Waals surface area contributed by atoms with Crippen LogP contribution in [0.15, 0.2) is 48.5 Å². The number of benzene rings is 2. The lowest BCUT2D eigenvalue weighted by Gasteiger charge is -2.10. The Labute approximate surface area is 136 Å². The fraction of sp³-hybridized carbons (Fsp3) is 0.263. The topological polar surface area (TPSA) is 69.4 Å². The van der Waals surface area contributed by atoms with Gasteiger partial charge in [-0.15, -0.1) is 0 Å². The lowest BCUT2D eigenvalue weighted by Crippen LogP contribution is -2.12. The minimum absolute atomic E-state index is 0.0431. The standard InChI is InChI=1S/C19H21NO3/c1-3-13(2)14-4-6-15(7-5-14)18(21)12-23-17-10-8-16(9-11-17)19(20)22/h4-11,13H,3,12H2,1-2H3,(H2,20,22)/t13-/m0/s1. The minimum Gasteiger partial charge on any atom is -0.485 e. The molecule has 0 aromatic heterocycles. The summed E-state index contributed by atoms with van der Waals surface area (Å²) in [5, 5.41) is 0. The molecule has 0 fully saturated rings. The van der Waals surface area contributed by atoms with Crippen LogP contribution >= 0.6 is 0 Å². The maximum Gasteiger partial charge on any atom is 0.248 e. The normalized spacial score (nSPS) is 11.7. The predicted molar refractivity (Wildman–Crippen MR) is 89.9 cm³/mol. The van der Waals surface area contributed by atoms with E-state index in [0.29, 0.717) is 22.8 Å². The van der Waals surface area contributed by atoms with E-state index in [-0.39, 0.29) is 12.4 Å². The van der Waals surface area contributed by atoms with Crippen LogP contribution in [0.1, 0.15) is 52.5 Å². The van der Waals surface area contributed by atoms with Crippen molar-refractivity contribution < 1.29 is 14.3 Å². The number of Topliss-reactive ketones (excluding diaryl/α,β-unsaturated/α-hetero) is 1. The van der Waals surface area contributed by atoms with E-state index in [1.165, 1.54) is 5.56 Å². The lowest BCUT2D eigenvalue weighted by atomic mass is 9.97. The third-order valence-corrected chi connectivity index (χ3v) is 3.92. The first-order valence-corrected chi connectivity index (χ1v) is 7.67. The molecule has 0 heterocycles. The van der Waals surface area contributed by atoms with Crippen molar-refractivity contribution >= 4 is 11.7 Å². The van der Waals surface area contributed by atoms with E-state index in [0.717, 1.165) is 6.42 Å². The first-order valence-electron chi connectivity index (χ1n) is 7.67. The predicted octanol–water partition coefficient (Wildman–Crippen LogP) is 3.56. The molecule has 0 saturated heterocycles. The minimum atomic E-state index is -0.492. The molecule has 0 spiro atoms. The van der Waals surface area contributed by atoms with Gasteiger partial charge in [-0.2, -0.15) is 0 Å². The summed E-state index contributed by atoms with van der Waals surface area (Å²) in [7, 11) is 0. The third-order valence-electron chi connectivity index (χ3n) is 3.92. The van der Waals surface area contributed by atoms with Gasteiger partial charge in [0.25, 0.3) is 0 Å². The Morgan fingerprint density at radius 2 is 1.57 bits per heavy atom. The largest absolute Gasteiger partial charge is 0.485 e. The number of hydrogen-bond donors (Lipinski definition) is 1. The summed E-state index contributed by atoms with van der Waals surface area (Å²) < 4.78 is 5.45. The van der Waals surface area contributed by atoms with Gasteiger partial charge in [-0.1, -0.05) is 38.1 Å². The second-order valence-corrected chi connectivity index (χ2v) is 5.53. The van der Waals surface area contributed by atoms with Gasteiger partial charge < -0.3 is 10.5 Å². The summed E-state index contributed by atoms with van der Waals surface area (Å²) in [5.74, 6) is 0.437. The lowest BCUT2D eigenvalue weighted by molar-refractivity contribution is 0.0920. The van der Waals surface area contributed by atoms with Crippen LogP contribution in [0.5, 0.6) is 5.75 Å².